The molecule has 21 heavy (non-hydrogen) atoms. The molecule has 0 bridgehead atoms. The fourth-order valence-corrected chi connectivity index (χ4v) is 1.47. The molecular formula is C12H8F5NO3. The maximum atomic E-state index is 12.6. The Kier molecular flexibility index (Phi) is 5.07. The van der Waals surface area contributed by atoms with Crippen molar-refractivity contribution in [2.75, 3.05) is 6.61 Å². The number of nitrogens with zero attached hydrogens (tertiary/aromatic N) is 1. The van der Waals surface area contributed by atoms with Gasteiger partial charge in [-0.25, -0.2) is 4.79 Å². The molecule has 4 nitrogen and oxygen atoms in total. The summed E-state index contributed by atoms with van der Waals surface area (Å²) >= 11 is 0. The predicted molar refractivity (Wildman–Crippen MR) is 58.7 cm³/mol. The van der Waals surface area contributed by atoms with E-state index in [0.29, 0.717) is 6.07 Å². The number of hydrogen-bond donors (Lipinski definition) is 0. The number of esters is 1. The smallest absolute Gasteiger partial charge is 0.416 e. The summed E-state index contributed by atoms with van der Waals surface area (Å²) < 4.78 is 70.9. The highest BCUT2D eigenvalue weighted by atomic mass is 19.4. The van der Waals surface area contributed by atoms with Crippen LogP contribution in [0.25, 0.3) is 0 Å². The number of carbonyl (C=O) groups excluding carboxylic acids is 1. The summed E-state index contributed by atoms with van der Waals surface area (Å²) in [6.07, 6.45) is -4.89. The van der Waals surface area contributed by atoms with Gasteiger partial charge in [0.25, 0.3) is 0 Å². The van der Waals surface area contributed by atoms with Gasteiger partial charge in [-0.1, -0.05) is 0 Å². The quantitative estimate of drug-likeness (QED) is 0.632. The molecule has 1 aromatic carbocycles. The highest BCUT2D eigenvalue weighted by Crippen LogP contribution is 2.36. The summed E-state index contributed by atoms with van der Waals surface area (Å²) in [5, 5.41) is 8.82. The number of carbonyl (C=O) groups is 1. The minimum absolute atomic E-state index is 0.154. The van der Waals surface area contributed by atoms with Gasteiger partial charge in [-0.2, -0.15) is 27.2 Å². The Labute approximate surface area is 115 Å². The van der Waals surface area contributed by atoms with E-state index >= 15 is 0 Å². The summed E-state index contributed by atoms with van der Waals surface area (Å²) in [6.45, 7) is -2.21. The summed E-state index contributed by atoms with van der Waals surface area (Å²) in [4.78, 5) is 11.6. The van der Waals surface area contributed by atoms with Gasteiger partial charge in [0.2, 0.25) is 0 Å². The normalized spacial score (nSPS) is 11.1. The van der Waals surface area contributed by atoms with Crippen LogP contribution >= 0.6 is 0 Å². The third-order valence-corrected chi connectivity index (χ3v) is 2.25. The third-order valence-electron chi connectivity index (χ3n) is 2.25. The maximum Gasteiger partial charge on any atom is 0.416 e. The lowest BCUT2D eigenvalue weighted by Gasteiger charge is -2.14. The maximum absolute atomic E-state index is 12.6. The van der Waals surface area contributed by atoms with Gasteiger partial charge in [0.1, 0.15) is 17.4 Å². The number of halogens is 5. The molecule has 0 aliphatic heterocycles. The molecule has 0 N–H and O–H groups in total. The van der Waals surface area contributed by atoms with Crippen molar-refractivity contribution in [2.45, 2.75) is 19.7 Å². The molecule has 0 saturated carbocycles. The van der Waals surface area contributed by atoms with Gasteiger partial charge in [0, 0.05) is 0 Å². The van der Waals surface area contributed by atoms with Crippen molar-refractivity contribution in [3.8, 4) is 11.8 Å². The monoisotopic (exact) mass is 309 g/mol. The van der Waals surface area contributed by atoms with Crippen LogP contribution in [0.3, 0.4) is 0 Å². The molecule has 0 spiro atoms. The highest BCUT2D eigenvalue weighted by Gasteiger charge is 2.34. The first-order chi connectivity index (χ1) is 9.70. The fraction of sp³-hybridized carbons (Fsp3) is 0.333. The minimum atomic E-state index is -4.89. The number of alkyl halides is 5. The molecule has 0 unspecified atom stereocenters. The standard InChI is InChI=1S/C12H8F5NO3/c1-2-20-10(19)9-6(5-18)3-7(12(15,16)17)4-8(9)21-11(13)14/h3-4,11H,2H2,1H3. The molecule has 0 radical (unpaired) electrons. The van der Waals surface area contributed by atoms with E-state index in [1.54, 1.807) is 0 Å². The first-order valence-corrected chi connectivity index (χ1v) is 5.48. The molecule has 0 aliphatic rings. The molecule has 0 aromatic heterocycles. The van der Waals surface area contributed by atoms with Crippen molar-refractivity contribution in [3.05, 3.63) is 28.8 Å². The molecule has 0 saturated heterocycles. The zero-order valence-corrected chi connectivity index (χ0v) is 10.5. The molecule has 114 valence electrons. The topological polar surface area (TPSA) is 59.3 Å². The predicted octanol–water partition coefficient (Wildman–Crippen LogP) is 3.36. The molecule has 0 amide bonds. The lowest BCUT2D eigenvalue weighted by molar-refractivity contribution is -0.138. The molecular weight excluding hydrogens is 301 g/mol. The molecule has 1 aromatic rings. The minimum Gasteiger partial charge on any atom is -0.462 e. The first kappa shape index (κ1) is 16.7. The molecule has 1 rings (SSSR count). The van der Waals surface area contributed by atoms with Gasteiger partial charge in [-0.3, -0.25) is 0 Å². The van der Waals surface area contributed by atoms with Crippen molar-refractivity contribution in [3.63, 3.8) is 0 Å². The zero-order valence-electron chi connectivity index (χ0n) is 10.5. The Hall–Kier alpha value is -2.37. The molecule has 0 aliphatic carbocycles. The van der Waals surface area contributed by atoms with Gasteiger partial charge >= 0.3 is 18.8 Å². The zero-order chi connectivity index (χ0) is 16.2. The van der Waals surface area contributed by atoms with E-state index in [4.69, 9.17) is 5.26 Å². The van der Waals surface area contributed by atoms with Crippen LogP contribution in [0.5, 0.6) is 5.75 Å². The van der Waals surface area contributed by atoms with E-state index in [-0.39, 0.29) is 12.7 Å². The Bertz CT molecular complexity index is 577. The third kappa shape index (κ3) is 4.05. The Morgan fingerprint density at radius 3 is 2.43 bits per heavy atom. The second-order valence-corrected chi connectivity index (χ2v) is 3.61. The molecule has 0 fully saturated rings. The second-order valence-electron chi connectivity index (χ2n) is 3.61. The van der Waals surface area contributed by atoms with Crippen molar-refractivity contribution >= 4 is 5.97 Å². The van der Waals surface area contributed by atoms with Gasteiger partial charge < -0.3 is 9.47 Å². The van der Waals surface area contributed by atoms with Gasteiger partial charge in [-0.05, 0) is 19.1 Å². The SMILES string of the molecule is CCOC(=O)c1c(C#N)cc(C(F)(F)F)cc1OC(F)F. The van der Waals surface area contributed by atoms with Crippen LogP contribution in [-0.2, 0) is 10.9 Å². The van der Waals surface area contributed by atoms with Crippen molar-refractivity contribution in [1.29, 1.82) is 5.26 Å². The van der Waals surface area contributed by atoms with Crippen LogP contribution in [0, 0.1) is 11.3 Å². The van der Waals surface area contributed by atoms with E-state index in [1.165, 1.54) is 13.0 Å². The highest BCUT2D eigenvalue weighted by molar-refractivity contribution is 5.95. The van der Waals surface area contributed by atoms with Gasteiger partial charge in [-0.15, -0.1) is 0 Å². The largest absolute Gasteiger partial charge is 0.462 e. The summed E-state index contributed by atoms with van der Waals surface area (Å²) in [5.74, 6) is -2.28. The number of ether oxygens (including phenoxy) is 2. The van der Waals surface area contributed by atoms with Gasteiger partial charge in [0.15, 0.2) is 0 Å². The van der Waals surface area contributed by atoms with Crippen molar-refractivity contribution in [1.82, 2.24) is 0 Å². The van der Waals surface area contributed by atoms with Crippen LogP contribution in [0.1, 0.15) is 28.4 Å². The summed E-state index contributed by atoms with van der Waals surface area (Å²) in [5.41, 5.74) is -2.92. The van der Waals surface area contributed by atoms with Crippen molar-refractivity contribution in [2.24, 2.45) is 0 Å². The summed E-state index contributed by atoms with van der Waals surface area (Å²) in [7, 11) is 0. The van der Waals surface area contributed by atoms with Crippen LogP contribution in [0.2, 0.25) is 0 Å². The Morgan fingerprint density at radius 1 is 1.38 bits per heavy atom. The van der Waals surface area contributed by atoms with Gasteiger partial charge in [0.05, 0.1) is 17.7 Å². The number of hydrogen-bond acceptors (Lipinski definition) is 4. The van der Waals surface area contributed by atoms with Crippen LogP contribution in [0.4, 0.5) is 22.0 Å². The number of benzene rings is 1. The van der Waals surface area contributed by atoms with E-state index < -0.39 is 41.2 Å². The van der Waals surface area contributed by atoms with E-state index in [2.05, 4.69) is 9.47 Å². The first-order valence-electron chi connectivity index (χ1n) is 5.48. The van der Waals surface area contributed by atoms with Crippen molar-refractivity contribution < 1.29 is 36.2 Å². The number of rotatable bonds is 4. The van der Waals surface area contributed by atoms with Crippen LogP contribution in [0.15, 0.2) is 12.1 Å². The van der Waals surface area contributed by atoms with Crippen LogP contribution < -0.4 is 4.74 Å². The van der Waals surface area contributed by atoms with Crippen LogP contribution in [-0.4, -0.2) is 19.2 Å². The average Bonchev–Trinajstić information content (AvgIpc) is 2.36. The molecule has 9 heteroatoms. The molecule has 0 heterocycles. The number of nitriles is 1. The second kappa shape index (κ2) is 6.39. The van der Waals surface area contributed by atoms with E-state index in [1.807, 2.05) is 0 Å². The fourth-order valence-electron chi connectivity index (χ4n) is 1.47. The molecule has 0 atom stereocenters. The lowest BCUT2D eigenvalue weighted by Crippen LogP contribution is -2.15. The lowest BCUT2D eigenvalue weighted by atomic mass is 10.0. The van der Waals surface area contributed by atoms with E-state index in [0.717, 1.165) is 0 Å². The summed E-state index contributed by atoms with van der Waals surface area (Å²) in [6, 6.07) is 1.92. The Balaban J connectivity index is 3.52. The Morgan fingerprint density at radius 2 is 2.00 bits per heavy atom. The van der Waals surface area contributed by atoms with E-state index in [9.17, 15) is 26.7 Å². The average molecular weight is 309 g/mol.